The molecule has 0 aromatic carbocycles. The van der Waals surface area contributed by atoms with E-state index in [2.05, 4.69) is 34.7 Å². The summed E-state index contributed by atoms with van der Waals surface area (Å²) in [4.78, 5) is 26.0. The Labute approximate surface area is 194 Å². The molecule has 3 aromatic heterocycles. The van der Waals surface area contributed by atoms with Crippen LogP contribution in [0, 0.1) is 0 Å². The highest BCUT2D eigenvalue weighted by Gasteiger charge is 2.27. The first-order valence-electron chi connectivity index (χ1n) is 11.5. The van der Waals surface area contributed by atoms with E-state index in [-0.39, 0.29) is 12.1 Å². The standard InChI is InChI=1S/C24H31N7O2/c1-16-14-32-11-9-30(16)23-19-6-7-20(18-5-8-21(25-13-18)29(3)4)26-22(19)27-24(28-23)31-10-12-33-15-17(31)2/h5-8,13,16-17H,9-12,14-15H2,1-4H3. The molecule has 0 spiro atoms. The molecule has 0 N–H and O–H groups in total. The molecule has 2 fully saturated rings. The van der Waals surface area contributed by atoms with E-state index in [1.54, 1.807) is 0 Å². The Bertz CT molecular complexity index is 1120. The van der Waals surface area contributed by atoms with Gasteiger partial charge in [-0.2, -0.15) is 9.97 Å². The van der Waals surface area contributed by atoms with Crippen molar-refractivity contribution in [3.8, 4) is 11.3 Å². The van der Waals surface area contributed by atoms with Crippen LogP contribution in [0.1, 0.15) is 13.8 Å². The summed E-state index contributed by atoms with van der Waals surface area (Å²) < 4.78 is 11.3. The highest BCUT2D eigenvalue weighted by molar-refractivity contribution is 5.90. The van der Waals surface area contributed by atoms with Gasteiger partial charge in [0, 0.05) is 38.9 Å². The predicted molar refractivity (Wildman–Crippen MR) is 130 cm³/mol. The quantitative estimate of drug-likeness (QED) is 0.597. The molecule has 2 atom stereocenters. The predicted octanol–water partition coefficient (Wildman–Crippen LogP) is 2.60. The zero-order valence-corrected chi connectivity index (χ0v) is 19.7. The number of fused-ring (bicyclic) bond motifs is 1. The summed E-state index contributed by atoms with van der Waals surface area (Å²) in [6.45, 7) is 8.59. The van der Waals surface area contributed by atoms with E-state index in [4.69, 9.17) is 24.4 Å². The van der Waals surface area contributed by atoms with Gasteiger partial charge in [0.15, 0.2) is 5.65 Å². The van der Waals surface area contributed by atoms with Crippen molar-refractivity contribution in [2.45, 2.75) is 25.9 Å². The van der Waals surface area contributed by atoms with Crippen molar-refractivity contribution in [2.75, 3.05) is 68.3 Å². The number of anilines is 3. The Balaban J connectivity index is 1.61. The third-order valence-corrected chi connectivity index (χ3v) is 6.29. The average molecular weight is 450 g/mol. The monoisotopic (exact) mass is 449 g/mol. The molecule has 0 amide bonds. The fraction of sp³-hybridized carbons (Fsp3) is 0.500. The van der Waals surface area contributed by atoms with E-state index < -0.39 is 0 Å². The van der Waals surface area contributed by atoms with Gasteiger partial charge in [0.25, 0.3) is 0 Å². The zero-order chi connectivity index (χ0) is 22.9. The summed E-state index contributed by atoms with van der Waals surface area (Å²) >= 11 is 0. The molecule has 3 aromatic rings. The van der Waals surface area contributed by atoms with Crippen LogP contribution in [0.2, 0.25) is 0 Å². The van der Waals surface area contributed by atoms with E-state index in [1.165, 1.54) is 0 Å². The molecule has 0 radical (unpaired) electrons. The Morgan fingerprint density at radius 1 is 0.879 bits per heavy atom. The molecule has 33 heavy (non-hydrogen) atoms. The van der Waals surface area contributed by atoms with Gasteiger partial charge in [0.05, 0.1) is 49.6 Å². The molecule has 2 aliphatic heterocycles. The lowest BCUT2D eigenvalue weighted by Gasteiger charge is -2.37. The van der Waals surface area contributed by atoms with Crippen molar-refractivity contribution in [3.63, 3.8) is 0 Å². The van der Waals surface area contributed by atoms with Gasteiger partial charge in [0.1, 0.15) is 11.6 Å². The number of rotatable bonds is 4. The molecule has 2 unspecified atom stereocenters. The second kappa shape index (κ2) is 9.07. The van der Waals surface area contributed by atoms with Gasteiger partial charge < -0.3 is 24.2 Å². The lowest BCUT2D eigenvalue weighted by Crippen LogP contribution is -2.46. The van der Waals surface area contributed by atoms with Gasteiger partial charge in [-0.25, -0.2) is 9.97 Å². The van der Waals surface area contributed by atoms with E-state index >= 15 is 0 Å². The van der Waals surface area contributed by atoms with Crippen LogP contribution in [0.15, 0.2) is 30.5 Å². The topological polar surface area (TPSA) is 79.7 Å². The smallest absolute Gasteiger partial charge is 0.229 e. The maximum absolute atomic E-state index is 5.67. The lowest BCUT2D eigenvalue weighted by molar-refractivity contribution is 0.0973. The van der Waals surface area contributed by atoms with Crippen LogP contribution in [0.4, 0.5) is 17.6 Å². The number of hydrogen-bond acceptors (Lipinski definition) is 9. The second-order valence-corrected chi connectivity index (χ2v) is 8.95. The maximum atomic E-state index is 5.67. The van der Waals surface area contributed by atoms with Crippen LogP contribution < -0.4 is 14.7 Å². The zero-order valence-electron chi connectivity index (χ0n) is 19.7. The van der Waals surface area contributed by atoms with E-state index in [1.807, 2.05) is 43.4 Å². The first kappa shape index (κ1) is 21.8. The maximum Gasteiger partial charge on any atom is 0.229 e. The van der Waals surface area contributed by atoms with Crippen molar-refractivity contribution in [1.29, 1.82) is 0 Å². The van der Waals surface area contributed by atoms with Crippen molar-refractivity contribution < 1.29 is 9.47 Å². The van der Waals surface area contributed by atoms with Gasteiger partial charge in [-0.3, -0.25) is 0 Å². The van der Waals surface area contributed by atoms with Crippen LogP contribution in [0.3, 0.4) is 0 Å². The van der Waals surface area contributed by atoms with Crippen LogP contribution in [-0.2, 0) is 9.47 Å². The molecule has 174 valence electrons. The number of nitrogens with zero attached hydrogens (tertiary/aromatic N) is 7. The number of pyridine rings is 2. The molecule has 9 heteroatoms. The van der Waals surface area contributed by atoms with Gasteiger partial charge in [-0.15, -0.1) is 0 Å². The molecule has 2 saturated heterocycles. The lowest BCUT2D eigenvalue weighted by atomic mass is 10.1. The molecule has 0 bridgehead atoms. The first-order valence-corrected chi connectivity index (χ1v) is 11.5. The third kappa shape index (κ3) is 4.30. The minimum Gasteiger partial charge on any atom is -0.377 e. The minimum absolute atomic E-state index is 0.206. The van der Waals surface area contributed by atoms with Crippen LogP contribution in [0.5, 0.6) is 0 Å². The summed E-state index contributed by atoms with van der Waals surface area (Å²) in [6.07, 6.45) is 1.86. The molecule has 0 aliphatic carbocycles. The van der Waals surface area contributed by atoms with Gasteiger partial charge >= 0.3 is 0 Å². The fourth-order valence-corrected chi connectivity index (χ4v) is 4.36. The van der Waals surface area contributed by atoms with Crippen molar-refractivity contribution >= 4 is 28.6 Å². The van der Waals surface area contributed by atoms with Crippen molar-refractivity contribution in [3.05, 3.63) is 30.5 Å². The molecular formula is C24H31N7O2. The van der Waals surface area contributed by atoms with E-state index in [0.717, 1.165) is 41.4 Å². The SMILES string of the molecule is CC1COCCN1c1nc(N2CCOCC2C)c2ccc(-c3ccc(N(C)C)nc3)nc2n1. The average Bonchev–Trinajstić information content (AvgIpc) is 2.84. The normalized spacial score (nSPS) is 21.5. The first-order chi connectivity index (χ1) is 16.0. The van der Waals surface area contributed by atoms with E-state index in [9.17, 15) is 0 Å². The number of ether oxygens (including phenoxy) is 2. The Kier molecular flexibility index (Phi) is 5.99. The summed E-state index contributed by atoms with van der Waals surface area (Å²) in [5.41, 5.74) is 2.51. The highest BCUT2D eigenvalue weighted by atomic mass is 16.5. The van der Waals surface area contributed by atoms with Crippen LogP contribution >= 0.6 is 0 Å². The number of hydrogen-bond donors (Lipinski definition) is 0. The van der Waals surface area contributed by atoms with Gasteiger partial charge in [0.2, 0.25) is 5.95 Å². The molecule has 9 nitrogen and oxygen atoms in total. The summed E-state index contributed by atoms with van der Waals surface area (Å²) in [6, 6.07) is 8.60. The van der Waals surface area contributed by atoms with Gasteiger partial charge in [-0.05, 0) is 38.1 Å². The Morgan fingerprint density at radius 3 is 2.24 bits per heavy atom. The molecule has 2 aliphatic rings. The summed E-state index contributed by atoms with van der Waals surface area (Å²) in [5, 5.41) is 0.954. The van der Waals surface area contributed by atoms with Crippen LogP contribution in [0.25, 0.3) is 22.3 Å². The Morgan fingerprint density at radius 2 is 1.61 bits per heavy atom. The highest BCUT2D eigenvalue weighted by Crippen LogP contribution is 2.31. The number of aromatic nitrogens is 4. The second-order valence-electron chi connectivity index (χ2n) is 8.95. The largest absolute Gasteiger partial charge is 0.377 e. The number of morpholine rings is 2. The van der Waals surface area contributed by atoms with E-state index in [0.29, 0.717) is 38.0 Å². The molecular weight excluding hydrogens is 418 g/mol. The fourth-order valence-electron chi connectivity index (χ4n) is 4.36. The third-order valence-electron chi connectivity index (χ3n) is 6.29. The molecule has 5 rings (SSSR count). The Hall–Kier alpha value is -3.04. The van der Waals surface area contributed by atoms with Crippen LogP contribution in [-0.4, -0.2) is 85.6 Å². The van der Waals surface area contributed by atoms with Gasteiger partial charge in [-0.1, -0.05) is 0 Å². The summed E-state index contributed by atoms with van der Waals surface area (Å²) in [7, 11) is 3.96. The minimum atomic E-state index is 0.206. The molecule has 0 saturated carbocycles. The summed E-state index contributed by atoms with van der Waals surface area (Å²) in [5.74, 6) is 2.54. The van der Waals surface area contributed by atoms with Crippen molar-refractivity contribution in [1.82, 2.24) is 19.9 Å². The van der Waals surface area contributed by atoms with Crippen molar-refractivity contribution in [2.24, 2.45) is 0 Å². The molecule has 5 heterocycles.